The van der Waals surface area contributed by atoms with Gasteiger partial charge in [-0.3, -0.25) is 4.79 Å². The molecule has 0 aromatic heterocycles. The van der Waals surface area contributed by atoms with Gasteiger partial charge < -0.3 is 10.6 Å². The Labute approximate surface area is 94.1 Å². The number of carbonyl (C=O) groups excluding carboxylic acids is 1. The number of carbonyl (C=O) groups is 1. The number of hydrogen-bond donors (Lipinski definition) is 1. The Bertz CT molecular complexity index is 400. The monoisotopic (exact) mass is 224 g/mol. The number of amides is 1. The number of nitrogens with zero attached hydrogens (tertiary/aromatic N) is 1. The zero-order valence-corrected chi connectivity index (χ0v) is 9.45. The van der Waals surface area contributed by atoms with Crippen molar-refractivity contribution in [1.29, 1.82) is 0 Å². The molecule has 4 heteroatoms. The zero-order chi connectivity index (χ0) is 11.4. The van der Waals surface area contributed by atoms with Crippen LogP contribution in [0.4, 0.5) is 5.69 Å². The highest BCUT2D eigenvalue weighted by Crippen LogP contribution is 2.20. The summed E-state index contributed by atoms with van der Waals surface area (Å²) in [7, 11) is 3.39. The molecule has 1 amide bonds. The molecule has 0 heterocycles. The summed E-state index contributed by atoms with van der Waals surface area (Å²) in [6, 6.07) is 5.23. The van der Waals surface area contributed by atoms with E-state index in [4.69, 9.17) is 17.3 Å². The van der Waals surface area contributed by atoms with Crippen molar-refractivity contribution < 1.29 is 4.79 Å². The van der Waals surface area contributed by atoms with Crippen LogP contribution in [0.2, 0.25) is 5.02 Å². The van der Waals surface area contributed by atoms with Crippen molar-refractivity contribution in [3.63, 3.8) is 0 Å². The lowest BCUT2D eigenvalue weighted by molar-refractivity contribution is -0.123. The lowest BCUT2D eigenvalue weighted by Crippen LogP contribution is -2.18. The van der Waals surface area contributed by atoms with Crippen molar-refractivity contribution >= 4 is 29.3 Å². The van der Waals surface area contributed by atoms with E-state index in [-0.39, 0.29) is 5.91 Å². The third-order valence-corrected chi connectivity index (χ3v) is 2.22. The maximum Gasteiger partial charge on any atom is 0.246 e. The van der Waals surface area contributed by atoms with Gasteiger partial charge in [0.2, 0.25) is 5.91 Å². The van der Waals surface area contributed by atoms with E-state index in [0.29, 0.717) is 10.7 Å². The van der Waals surface area contributed by atoms with Crippen LogP contribution in [0.15, 0.2) is 24.3 Å². The number of anilines is 1. The number of nitrogen functional groups attached to an aromatic ring is 1. The number of likely N-dealkylation sites (N-methyl/N-ethyl adjacent to an activating group) is 1. The number of halogens is 1. The Morgan fingerprint density at radius 2 is 2.13 bits per heavy atom. The third-order valence-electron chi connectivity index (χ3n) is 1.88. The fourth-order valence-electron chi connectivity index (χ4n) is 0.982. The van der Waals surface area contributed by atoms with E-state index in [1.54, 1.807) is 38.4 Å². The molecule has 0 aliphatic carbocycles. The standard InChI is InChI=1S/C11H13ClN2O/c1-14(2)11(15)6-4-8-3-5-9(12)10(13)7-8/h3-7H,13H2,1-2H3/b6-4+. The average Bonchev–Trinajstić information content (AvgIpc) is 2.19. The molecule has 80 valence electrons. The summed E-state index contributed by atoms with van der Waals surface area (Å²) in [4.78, 5) is 12.7. The molecule has 0 saturated heterocycles. The maximum absolute atomic E-state index is 11.2. The van der Waals surface area contributed by atoms with Crippen LogP contribution in [-0.4, -0.2) is 24.9 Å². The molecule has 0 atom stereocenters. The molecule has 0 bridgehead atoms. The highest BCUT2D eigenvalue weighted by Gasteiger charge is 1.98. The van der Waals surface area contributed by atoms with Gasteiger partial charge in [-0.2, -0.15) is 0 Å². The molecule has 2 N–H and O–H groups in total. The smallest absolute Gasteiger partial charge is 0.246 e. The Morgan fingerprint density at radius 3 is 2.67 bits per heavy atom. The van der Waals surface area contributed by atoms with Gasteiger partial charge in [-0.05, 0) is 23.8 Å². The summed E-state index contributed by atoms with van der Waals surface area (Å²) in [6.45, 7) is 0. The van der Waals surface area contributed by atoms with Crippen molar-refractivity contribution in [1.82, 2.24) is 4.90 Å². The van der Waals surface area contributed by atoms with Gasteiger partial charge in [0.15, 0.2) is 0 Å². The van der Waals surface area contributed by atoms with E-state index in [0.717, 1.165) is 5.56 Å². The van der Waals surface area contributed by atoms with Crippen LogP contribution in [0.25, 0.3) is 6.08 Å². The van der Waals surface area contributed by atoms with E-state index in [9.17, 15) is 4.79 Å². The largest absolute Gasteiger partial charge is 0.398 e. The zero-order valence-electron chi connectivity index (χ0n) is 8.70. The second kappa shape index (κ2) is 4.84. The maximum atomic E-state index is 11.2. The quantitative estimate of drug-likeness (QED) is 0.617. The molecule has 0 radical (unpaired) electrons. The number of benzene rings is 1. The number of rotatable bonds is 2. The third kappa shape index (κ3) is 3.29. The van der Waals surface area contributed by atoms with E-state index in [1.807, 2.05) is 0 Å². The molecule has 1 rings (SSSR count). The first-order chi connectivity index (χ1) is 7.00. The van der Waals surface area contributed by atoms with Gasteiger partial charge >= 0.3 is 0 Å². The fourth-order valence-corrected chi connectivity index (χ4v) is 1.10. The van der Waals surface area contributed by atoms with Crippen LogP contribution in [-0.2, 0) is 4.79 Å². The number of nitrogens with two attached hydrogens (primary N) is 1. The molecule has 0 fully saturated rings. The normalized spacial score (nSPS) is 10.6. The van der Waals surface area contributed by atoms with Gasteiger partial charge in [0, 0.05) is 20.2 Å². The molecule has 1 aromatic carbocycles. The first-order valence-electron chi connectivity index (χ1n) is 4.45. The van der Waals surface area contributed by atoms with Crippen LogP contribution < -0.4 is 5.73 Å². The minimum absolute atomic E-state index is 0.0662. The predicted octanol–water partition coefficient (Wildman–Crippen LogP) is 2.02. The molecule has 1 aromatic rings. The Balaban J connectivity index is 2.81. The van der Waals surface area contributed by atoms with E-state index in [2.05, 4.69) is 0 Å². The Kier molecular flexibility index (Phi) is 3.74. The van der Waals surface area contributed by atoms with E-state index < -0.39 is 0 Å². The molecule has 0 aliphatic rings. The molecular formula is C11H13ClN2O. The Hall–Kier alpha value is -1.48. The van der Waals surface area contributed by atoms with Gasteiger partial charge in [0.05, 0.1) is 10.7 Å². The van der Waals surface area contributed by atoms with Crippen molar-refractivity contribution in [2.24, 2.45) is 0 Å². The second-order valence-corrected chi connectivity index (χ2v) is 3.75. The van der Waals surface area contributed by atoms with Crippen molar-refractivity contribution in [2.75, 3.05) is 19.8 Å². The molecule has 0 aliphatic heterocycles. The number of hydrogen-bond acceptors (Lipinski definition) is 2. The van der Waals surface area contributed by atoms with Crippen molar-refractivity contribution in [3.8, 4) is 0 Å². The van der Waals surface area contributed by atoms with Gasteiger partial charge in [-0.15, -0.1) is 0 Å². The van der Waals surface area contributed by atoms with Crippen LogP contribution in [0.3, 0.4) is 0 Å². The average molecular weight is 225 g/mol. The molecule has 3 nitrogen and oxygen atoms in total. The lowest BCUT2D eigenvalue weighted by Gasteiger charge is -2.05. The summed E-state index contributed by atoms with van der Waals surface area (Å²) in [5, 5.41) is 0.520. The summed E-state index contributed by atoms with van der Waals surface area (Å²) < 4.78 is 0. The van der Waals surface area contributed by atoms with E-state index in [1.165, 1.54) is 11.0 Å². The van der Waals surface area contributed by atoms with Gasteiger partial charge in [0.1, 0.15) is 0 Å². The summed E-state index contributed by atoms with van der Waals surface area (Å²) >= 11 is 5.77. The van der Waals surface area contributed by atoms with Crippen LogP contribution in [0.5, 0.6) is 0 Å². The summed E-state index contributed by atoms with van der Waals surface area (Å²) in [5.74, 6) is -0.0662. The molecule has 15 heavy (non-hydrogen) atoms. The SMILES string of the molecule is CN(C)C(=O)/C=C/c1ccc(Cl)c(N)c1. The molecule has 0 saturated carbocycles. The van der Waals surface area contributed by atoms with Gasteiger partial charge in [-0.1, -0.05) is 17.7 Å². The van der Waals surface area contributed by atoms with E-state index >= 15 is 0 Å². The molecular weight excluding hydrogens is 212 g/mol. The highest BCUT2D eigenvalue weighted by molar-refractivity contribution is 6.33. The van der Waals surface area contributed by atoms with Gasteiger partial charge in [0.25, 0.3) is 0 Å². The Morgan fingerprint density at radius 1 is 1.47 bits per heavy atom. The summed E-state index contributed by atoms with van der Waals surface area (Å²) in [5.41, 5.74) is 6.99. The summed E-state index contributed by atoms with van der Waals surface area (Å²) in [6.07, 6.45) is 3.19. The van der Waals surface area contributed by atoms with Crippen LogP contribution in [0.1, 0.15) is 5.56 Å². The first-order valence-corrected chi connectivity index (χ1v) is 4.83. The minimum atomic E-state index is -0.0662. The minimum Gasteiger partial charge on any atom is -0.398 e. The highest BCUT2D eigenvalue weighted by atomic mass is 35.5. The topological polar surface area (TPSA) is 46.3 Å². The van der Waals surface area contributed by atoms with Crippen molar-refractivity contribution in [3.05, 3.63) is 34.9 Å². The van der Waals surface area contributed by atoms with Crippen molar-refractivity contribution in [2.45, 2.75) is 0 Å². The first kappa shape index (κ1) is 11.6. The molecule has 0 unspecified atom stereocenters. The fraction of sp³-hybridized carbons (Fsp3) is 0.182. The molecule has 0 spiro atoms. The van der Waals surface area contributed by atoms with Crippen LogP contribution in [0, 0.1) is 0 Å². The lowest BCUT2D eigenvalue weighted by atomic mass is 10.2. The van der Waals surface area contributed by atoms with Gasteiger partial charge in [-0.25, -0.2) is 0 Å². The van der Waals surface area contributed by atoms with Crippen LogP contribution >= 0.6 is 11.6 Å². The predicted molar refractivity (Wildman–Crippen MR) is 63.6 cm³/mol. The second-order valence-electron chi connectivity index (χ2n) is 3.35.